The van der Waals surface area contributed by atoms with E-state index in [-0.39, 0.29) is 17.9 Å². The monoisotopic (exact) mass is 464 g/mol. The number of nitrogens with two attached hydrogens (primary N) is 1. The number of aliphatic carboxylic acids is 1. The fourth-order valence-corrected chi connectivity index (χ4v) is 3.58. The van der Waals surface area contributed by atoms with Gasteiger partial charge in [0, 0.05) is 11.8 Å². The second-order valence-electron chi connectivity index (χ2n) is 7.91. The van der Waals surface area contributed by atoms with Crippen molar-refractivity contribution in [3.63, 3.8) is 0 Å². The first-order valence-electron chi connectivity index (χ1n) is 10.6. The van der Waals surface area contributed by atoms with E-state index in [1.807, 2.05) is 54.8 Å². The lowest BCUT2D eigenvalue weighted by atomic mass is 9.91. The molecule has 0 saturated carbocycles. The molecule has 0 fully saturated rings. The first-order chi connectivity index (χ1) is 14.8. The van der Waals surface area contributed by atoms with E-state index < -0.39 is 17.9 Å². The van der Waals surface area contributed by atoms with Crippen LogP contribution in [0.4, 0.5) is 0 Å². The Balaban J connectivity index is 3.06. The molecule has 0 aromatic heterocycles. The molecule has 0 aliphatic carbocycles. The van der Waals surface area contributed by atoms with Gasteiger partial charge < -0.3 is 16.2 Å². The number of thiol groups is 1. The van der Waals surface area contributed by atoms with Gasteiger partial charge in [0.1, 0.15) is 6.04 Å². The maximum atomic E-state index is 13.0. The Morgan fingerprint density at radius 1 is 1.16 bits per heavy atom. The van der Waals surface area contributed by atoms with Gasteiger partial charge in [-0.25, -0.2) is 4.79 Å². The van der Waals surface area contributed by atoms with E-state index in [2.05, 4.69) is 37.9 Å². The van der Waals surface area contributed by atoms with Gasteiger partial charge in [-0.15, -0.1) is 0 Å². The smallest absolute Gasteiger partial charge is 0.326 e. The van der Waals surface area contributed by atoms with Gasteiger partial charge in [0.15, 0.2) is 0 Å². The Kier molecular flexibility index (Phi) is 13.4. The first kappa shape index (κ1) is 27.3. The molecule has 7 heteroatoms. The molecule has 0 aliphatic heterocycles. The van der Waals surface area contributed by atoms with E-state index >= 15 is 0 Å². The molecular formula is C24H36N2O3S2. The van der Waals surface area contributed by atoms with E-state index in [1.54, 1.807) is 11.8 Å². The highest BCUT2D eigenvalue weighted by molar-refractivity contribution is 7.98. The molecule has 4 atom stereocenters. The average molecular weight is 465 g/mol. The number of thioether (sulfide) groups is 1. The van der Waals surface area contributed by atoms with Crippen LogP contribution >= 0.6 is 24.4 Å². The molecule has 1 rings (SSSR count). The van der Waals surface area contributed by atoms with Crippen molar-refractivity contribution in [2.45, 2.75) is 38.8 Å². The lowest BCUT2D eigenvalue weighted by Crippen LogP contribution is -2.44. The van der Waals surface area contributed by atoms with E-state index in [9.17, 15) is 14.7 Å². The lowest BCUT2D eigenvalue weighted by molar-refractivity contribution is -0.142. The van der Waals surface area contributed by atoms with Crippen molar-refractivity contribution in [1.82, 2.24) is 5.32 Å². The number of carboxylic acid groups (broad SMARTS) is 1. The van der Waals surface area contributed by atoms with Crippen LogP contribution in [0.1, 0.15) is 25.8 Å². The number of carbonyl (C=O) groups excluding carboxylic acids is 1. The molecule has 1 amide bonds. The Morgan fingerprint density at radius 2 is 1.81 bits per heavy atom. The molecule has 0 spiro atoms. The predicted octanol–water partition coefficient (Wildman–Crippen LogP) is 3.81. The third-order valence-electron chi connectivity index (χ3n) is 4.99. The Morgan fingerprint density at radius 3 is 2.35 bits per heavy atom. The van der Waals surface area contributed by atoms with Gasteiger partial charge in [0.2, 0.25) is 5.91 Å². The summed E-state index contributed by atoms with van der Waals surface area (Å²) >= 11 is 5.77. The van der Waals surface area contributed by atoms with Crippen LogP contribution in [-0.4, -0.2) is 46.8 Å². The molecule has 172 valence electrons. The van der Waals surface area contributed by atoms with Gasteiger partial charge in [-0.1, -0.05) is 68.5 Å². The van der Waals surface area contributed by atoms with Crippen LogP contribution in [0.3, 0.4) is 0 Å². The van der Waals surface area contributed by atoms with E-state index in [1.165, 1.54) is 0 Å². The number of nitrogens with one attached hydrogen (secondary N) is 1. The fraction of sp³-hybridized carbons (Fsp3) is 0.500. The molecule has 0 aliphatic rings. The highest BCUT2D eigenvalue weighted by Gasteiger charge is 2.24. The summed E-state index contributed by atoms with van der Waals surface area (Å²) in [6, 6.07) is 8.75. The van der Waals surface area contributed by atoms with Gasteiger partial charge in [-0.05, 0) is 42.2 Å². The first-order valence-corrected chi connectivity index (χ1v) is 12.6. The van der Waals surface area contributed by atoms with Crippen molar-refractivity contribution in [3.05, 3.63) is 60.2 Å². The molecule has 0 radical (unpaired) electrons. The summed E-state index contributed by atoms with van der Waals surface area (Å²) in [4.78, 5) is 24.6. The Hall–Kier alpha value is -1.70. The Bertz CT molecular complexity index is 723. The molecule has 4 N–H and O–H groups in total. The number of hydrogen-bond acceptors (Lipinski definition) is 5. The summed E-state index contributed by atoms with van der Waals surface area (Å²) in [6.45, 7) is 4.22. The minimum Gasteiger partial charge on any atom is -0.480 e. The normalized spacial score (nSPS) is 15.8. The number of carbonyl (C=O) groups is 2. The van der Waals surface area contributed by atoms with Crippen molar-refractivity contribution in [1.29, 1.82) is 0 Å². The Labute approximate surface area is 196 Å². The van der Waals surface area contributed by atoms with Crippen molar-refractivity contribution in [2.24, 2.45) is 23.5 Å². The van der Waals surface area contributed by atoms with E-state index in [4.69, 9.17) is 5.73 Å². The van der Waals surface area contributed by atoms with Crippen molar-refractivity contribution < 1.29 is 14.7 Å². The number of carboxylic acids is 1. The number of allylic oxidation sites excluding steroid dienone is 2. The van der Waals surface area contributed by atoms with E-state index in [0.717, 1.165) is 5.56 Å². The van der Waals surface area contributed by atoms with Crippen molar-refractivity contribution in [3.8, 4) is 0 Å². The molecule has 5 nitrogen and oxygen atoms in total. The van der Waals surface area contributed by atoms with Gasteiger partial charge in [0.25, 0.3) is 0 Å². The van der Waals surface area contributed by atoms with Crippen LogP contribution in [0.5, 0.6) is 0 Å². The number of amides is 1. The van der Waals surface area contributed by atoms with Gasteiger partial charge in [-0.3, -0.25) is 4.79 Å². The van der Waals surface area contributed by atoms with Crippen LogP contribution in [0, 0.1) is 17.8 Å². The van der Waals surface area contributed by atoms with Gasteiger partial charge in [0.05, 0.1) is 5.92 Å². The van der Waals surface area contributed by atoms with Crippen LogP contribution in [0.15, 0.2) is 54.6 Å². The topological polar surface area (TPSA) is 92.4 Å². The molecule has 0 unspecified atom stereocenters. The molecule has 1 aromatic rings. The van der Waals surface area contributed by atoms with Crippen LogP contribution < -0.4 is 11.1 Å². The molecule has 31 heavy (non-hydrogen) atoms. The van der Waals surface area contributed by atoms with Crippen LogP contribution in [-0.2, 0) is 16.0 Å². The van der Waals surface area contributed by atoms with E-state index in [0.29, 0.717) is 30.3 Å². The molecule has 0 heterocycles. The maximum absolute atomic E-state index is 13.0. The minimum absolute atomic E-state index is 0.115. The summed E-state index contributed by atoms with van der Waals surface area (Å²) < 4.78 is 0. The second-order valence-corrected chi connectivity index (χ2v) is 9.27. The summed E-state index contributed by atoms with van der Waals surface area (Å²) in [7, 11) is 0. The minimum atomic E-state index is -1.01. The third-order valence-corrected chi connectivity index (χ3v) is 6.05. The summed E-state index contributed by atoms with van der Waals surface area (Å²) in [6.07, 6.45) is 10.7. The van der Waals surface area contributed by atoms with Gasteiger partial charge >= 0.3 is 5.97 Å². The zero-order chi connectivity index (χ0) is 23.2. The third kappa shape index (κ3) is 10.9. The molecule has 0 bridgehead atoms. The highest BCUT2D eigenvalue weighted by Crippen LogP contribution is 2.18. The summed E-state index contributed by atoms with van der Waals surface area (Å²) in [5, 5.41) is 12.2. The molecule has 1 aromatic carbocycles. The lowest BCUT2D eigenvalue weighted by Gasteiger charge is -2.20. The second kappa shape index (κ2) is 15.2. The standard InChI is InChI=1S/C24H36N2O3S2/c1-17(2)19(11-12-21(25)16-30)9-10-20(15-18-7-5-4-6-8-18)23(27)26-22(24(28)29)13-14-31-3/h4-12,17,19-22,30H,13-16,25H2,1-3H3,(H,26,27)(H,28,29)/b10-9-,12-11+/t19-,20+,21+,22-/m0/s1. The van der Waals surface area contributed by atoms with Gasteiger partial charge in [-0.2, -0.15) is 24.4 Å². The number of benzene rings is 1. The zero-order valence-electron chi connectivity index (χ0n) is 18.6. The SMILES string of the molecule is CSCC[C@H](NC(=O)[C@H](/C=C\[C@@H](/C=C/[C@@H](N)CS)C(C)C)Cc1ccccc1)C(=O)O. The number of rotatable bonds is 14. The van der Waals surface area contributed by atoms with Crippen molar-refractivity contribution in [2.75, 3.05) is 17.8 Å². The fourth-order valence-electron chi connectivity index (χ4n) is 2.99. The number of hydrogen-bond donors (Lipinski definition) is 4. The van der Waals surface area contributed by atoms with Crippen molar-refractivity contribution >= 4 is 36.3 Å². The predicted molar refractivity (Wildman–Crippen MR) is 135 cm³/mol. The molecule has 0 saturated heterocycles. The maximum Gasteiger partial charge on any atom is 0.326 e. The van der Waals surface area contributed by atoms with Crippen LogP contribution in [0.2, 0.25) is 0 Å². The summed E-state index contributed by atoms with van der Waals surface area (Å²) in [5.74, 6) is -0.0664. The zero-order valence-corrected chi connectivity index (χ0v) is 20.3. The average Bonchev–Trinajstić information content (AvgIpc) is 2.75. The molecular weight excluding hydrogens is 428 g/mol. The highest BCUT2D eigenvalue weighted by atomic mass is 32.2. The van der Waals surface area contributed by atoms with Crippen LogP contribution in [0.25, 0.3) is 0 Å². The quantitative estimate of drug-likeness (QED) is 0.248. The summed E-state index contributed by atoms with van der Waals surface area (Å²) in [5.41, 5.74) is 6.97. The largest absolute Gasteiger partial charge is 0.480 e.